The third-order valence-electron chi connectivity index (χ3n) is 4.24. The van der Waals surface area contributed by atoms with Gasteiger partial charge in [-0.3, -0.25) is 4.79 Å². The summed E-state index contributed by atoms with van der Waals surface area (Å²) >= 11 is 0. The first-order valence-corrected chi connectivity index (χ1v) is 7.90. The van der Waals surface area contributed by atoms with Gasteiger partial charge in [0.15, 0.2) is 0 Å². The zero-order valence-electron chi connectivity index (χ0n) is 13.5. The Morgan fingerprint density at radius 3 is 2.62 bits per heavy atom. The number of hydrogen-bond donors (Lipinski definition) is 1. The second-order valence-corrected chi connectivity index (χ2v) is 5.82. The normalized spacial score (nSPS) is 16.0. The first-order valence-electron chi connectivity index (χ1n) is 7.90. The van der Waals surface area contributed by atoms with E-state index in [0.717, 1.165) is 32.6 Å². The molecule has 1 aromatic rings. The number of benzene rings is 1. The topological polar surface area (TPSA) is 35.6 Å². The van der Waals surface area contributed by atoms with Crippen LogP contribution in [0.1, 0.15) is 24.5 Å². The highest BCUT2D eigenvalue weighted by Gasteiger charge is 2.18. The number of rotatable bonds is 5. The molecule has 0 radical (unpaired) electrons. The molecule has 2 rings (SSSR count). The van der Waals surface area contributed by atoms with E-state index in [1.807, 2.05) is 4.90 Å². The lowest BCUT2D eigenvalue weighted by molar-refractivity contribution is -0.132. The van der Waals surface area contributed by atoms with E-state index in [9.17, 15) is 4.79 Å². The summed E-state index contributed by atoms with van der Waals surface area (Å²) in [5.74, 6) is 0.266. The smallest absolute Gasteiger partial charge is 0.224 e. The van der Waals surface area contributed by atoms with Crippen LogP contribution in [0.3, 0.4) is 0 Å². The van der Waals surface area contributed by atoms with Gasteiger partial charge in [0, 0.05) is 44.8 Å². The first kappa shape index (κ1) is 15.8. The lowest BCUT2D eigenvalue weighted by atomic mass is 10.1. The van der Waals surface area contributed by atoms with Crippen molar-refractivity contribution in [3.8, 4) is 0 Å². The van der Waals surface area contributed by atoms with E-state index in [1.165, 1.54) is 16.8 Å². The predicted molar refractivity (Wildman–Crippen MR) is 87.7 cm³/mol. The molecule has 1 aromatic carbocycles. The Balaban J connectivity index is 1.83. The molecule has 0 spiro atoms. The number of carbonyl (C=O) groups is 1. The van der Waals surface area contributed by atoms with Crippen LogP contribution in [0.4, 0.5) is 5.69 Å². The van der Waals surface area contributed by atoms with E-state index in [1.54, 1.807) is 0 Å². The molecular formula is C17H27N3O. The van der Waals surface area contributed by atoms with Crippen LogP contribution >= 0.6 is 0 Å². The molecule has 0 aromatic heterocycles. The summed E-state index contributed by atoms with van der Waals surface area (Å²) in [6, 6.07) is 6.36. The summed E-state index contributed by atoms with van der Waals surface area (Å²) in [6.07, 6.45) is 1.58. The fourth-order valence-corrected chi connectivity index (χ4v) is 2.78. The minimum Gasteiger partial charge on any atom is -0.384 e. The second kappa shape index (κ2) is 7.46. The largest absolute Gasteiger partial charge is 0.384 e. The SMILES string of the molecule is CCc1cccc(C)c1NCCC(=O)N1CCN(C)CC1. The minimum absolute atomic E-state index is 0.266. The molecule has 1 saturated heterocycles. The van der Waals surface area contributed by atoms with Crippen molar-refractivity contribution in [1.29, 1.82) is 0 Å². The van der Waals surface area contributed by atoms with Gasteiger partial charge in [-0.05, 0) is 31.5 Å². The maximum absolute atomic E-state index is 12.2. The van der Waals surface area contributed by atoms with Gasteiger partial charge in [0.05, 0.1) is 0 Å². The number of amides is 1. The van der Waals surface area contributed by atoms with E-state index in [4.69, 9.17) is 0 Å². The molecule has 4 heteroatoms. The highest BCUT2D eigenvalue weighted by atomic mass is 16.2. The van der Waals surface area contributed by atoms with Crippen molar-refractivity contribution in [2.75, 3.05) is 45.1 Å². The summed E-state index contributed by atoms with van der Waals surface area (Å²) in [6.45, 7) is 8.68. The van der Waals surface area contributed by atoms with E-state index in [0.29, 0.717) is 13.0 Å². The summed E-state index contributed by atoms with van der Waals surface area (Å²) in [5.41, 5.74) is 3.77. The molecule has 0 saturated carbocycles. The van der Waals surface area contributed by atoms with Crippen molar-refractivity contribution in [1.82, 2.24) is 9.80 Å². The molecule has 1 aliphatic heterocycles. The highest BCUT2D eigenvalue weighted by Crippen LogP contribution is 2.20. The molecule has 1 amide bonds. The Hall–Kier alpha value is -1.55. The molecule has 21 heavy (non-hydrogen) atoms. The van der Waals surface area contributed by atoms with Crippen LogP contribution in [0.15, 0.2) is 18.2 Å². The number of nitrogens with zero attached hydrogens (tertiary/aromatic N) is 2. The molecule has 1 heterocycles. The summed E-state index contributed by atoms with van der Waals surface area (Å²) in [5, 5.41) is 3.45. The molecule has 1 aliphatic rings. The van der Waals surface area contributed by atoms with Gasteiger partial charge in [-0.1, -0.05) is 25.1 Å². The number of anilines is 1. The third-order valence-corrected chi connectivity index (χ3v) is 4.24. The molecule has 116 valence electrons. The number of likely N-dealkylation sites (N-methyl/N-ethyl adjacent to an activating group) is 1. The first-order chi connectivity index (χ1) is 10.1. The van der Waals surface area contributed by atoms with Crippen LogP contribution in [0.2, 0.25) is 0 Å². The lowest BCUT2D eigenvalue weighted by Crippen LogP contribution is -2.47. The molecular weight excluding hydrogens is 262 g/mol. The molecule has 0 unspecified atom stereocenters. The summed E-state index contributed by atoms with van der Waals surface area (Å²) in [4.78, 5) is 16.5. The van der Waals surface area contributed by atoms with Crippen LogP contribution in [-0.4, -0.2) is 55.5 Å². The second-order valence-electron chi connectivity index (χ2n) is 5.82. The molecule has 0 atom stereocenters. The lowest BCUT2D eigenvalue weighted by Gasteiger charge is -2.32. The van der Waals surface area contributed by atoms with Crippen molar-refractivity contribution in [3.05, 3.63) is 29.3 Å². The summed E-state index contributed by atoms with van der Waals surface area (Å²) < 4.78 is 0. The van der Waals surface area contributed by atoms with Gasteiger partial charge in [0.2, 0.25) is 5.91 Å². The van der Waals surface area contributed by atoms with Gasteiger partial charge in [-0.15, -0.1) is 0 Å². The van der Waals surface area contributed by atoms with Gasteiger partial charge in [0.1, 0.15) is 0 Å². The Kier molecular flexibility index (Phi) is 5.62. The van der Waals surface area contributed by atoms with Gasteiger partial charge in [-0.25, -0.2) is 0 Å². The van der Waals surface area contributed by atoms with Crippen LogP contribution < -0.4 is 5.32 Å². The number of hydrogen-bond acceptors (Lipinski definition) is 3. The van der Waals surface area contributed by atoms with E-state index in [-0.39, 0.29) is 5.91 Å². The standard InChI is InChI=1S/C17H27N3O/c1-4-15-7-5-6-14(2)17(15)18-9-8-16(21)20-12-10-19(3)11-13-20/h5-7,18H,4,8-13H2,1-3H3. The average molecular weight is 289 g/mol. The van der Waals surface area contributed by atoms with E-state index in [2.05, 4.69) is 49.3 Å². The van der Waals surface area contributed by atoms with Crippen LogP contribution in [0, 0.1) is 6.92 Å². The van der Waals surface area contributed by atoms with Gasteiger partial charge >= 0.3 is 0 Å². The molecule has 1 fully saturated rings. The zero-order chi connectivity index (χ0) is 15.2. The number of piperazine rings is 1. The van der Waals surface area contributed by atoms with Gasteiger partial charge < -0.3 is 15.1 Å². The Morgan fingerprint density at radius 2 is 1.95 bits per heavy atom. The Morgan fingerprint density at radius 1 is 1.24 bits per heavy atom. The van der Waals surface area contributed by atoms with Gasteiger partial charge in [0.25, 0.3) is 0 Å². The maximum Gasteiger partial charge on any atom is 0.224 e. The van der Waals surface area contributed by atoms with Crippen LogP contribution in [0.25, 0.3) is 0 Å². The van der Waals surface area contributed by atoms with E-state index >= 15 is 0 Å². The van der Waals surface area contributed by atoms with E-state index < -0.39 is 0 Å². The molecule has 1 N–H and O–H groups in total. The Labute approximate surface area is 128 Å². The third kappa shape index (κ3) is 4.21. The van der Waals surface area contributed by atoms with Crippen molar-refractivity contribution < 1.29 is 4.79 Å². The number of nitrogens with one attached hydrogen (secondary N) is 1. The minimum atomic E-state index is 0.266. The monoisotopic (exact) mass is 289 g/mol. The number of para-hydroxylation sites is 1. The van der Waals surface area contributed by atoms with Crippen molar-refractivity contribution in [2.24, 2.45) is 0 Å². The maximum atomic E-state index is 12.2. The Bertz CT molecular complexity index is 479. The number of carbonyl (C=O) groups excluding carboxylic acids is 1. The molecule has 0 aliphatic carbocycles. The predicted octanol–water partition coefficient (Wildman–Crippen LogP) is 2.13. The fraction of sp³-hybridized carbons (Fsp3) is 0.588. The highest BCUT2D eigenvalue weighted by molar-refractivity contribution is 5.77. The van der Waals surface area contributed by atoms with Crippen LogP contribution in [0.5, 0.6) is 0 Å². The summed E-state index contributed by atoms with van der Waals surface area (Å²) in [7, 11) is 2.10. The van der Waals surface area contributed by atoms with Crippen molar-refractivity contribution in [2.45, 2.75) is 26.7 Å². The average Bonchev–Trinajstić information content (AvgIpc) is 2.49. The molecule has 4 nitrogen and oxygen atoms in total. The van der Waals surface area contributed by atoms with Gasteiger partial charge in [-0.2, -0.15) is 0 Å². The molecule has 0 bridgehead atoms. The number of aryl methyl sites for hydroxylation is 2. The fourth-order valence-electron chi connectivity index (χ4n) is 2.78. The quantitative estimate of drug-likeness (QED) is 0.902. The van der Waals surface area contributed by atoms with Crippen molar-refractivity contribution >= 4 is 11.6 Å². The van der Waals surface area contributed by atoms with Crippen LogP contribution in [-0.2, 0) is 11.2 Å². The van der Waals surface area contributed by atoms with Crippen molar-refractivity contribution in [3.63, 3.8) is 0 Å². The zero-order valence-corrected chi connectivity index (χ0v) is 13.5.